The summed E-state index contributed by atoms with van der Waals surface area (Å²) in [6, 6.07) is 3.50. The molecule has 2 aliphatic rings. The zero-order valence-corrected chi connectivity index (χ0v) is 12.0. The van der Waals surface area contributed by atoms with Crippen LogP contribution in [0.4, 0.5) is 0 Å². The van der Waals surface area contributed by atoms with Gasteiger partial charge in [0.05, 0.1) is 10.9 Å². The lowest BCUT2D eigenvalue weighted by Gasteiger charge is -2.31. The Morgan fingerprint density at radius 1 is 1.52 bits per heavy atom. The fraction of sp³-hybridized carbons (Fsp3) is 0.286. The van der Waals surface area contributed by atoms with Crippen LogP contribution in [-0.4, -0.2) is 23.8 Å². The minimum atomic E-state index is -0.580. The highest BCUT2D eigenvalue weighted by atomic mass is 32.1. The Morgan fingerprint density at radius 2 is 2.38 bits per heavy atom. The van der Waals surface area contributed by atoms with Crippen molar-refractivity contribution in [2.24, 2.45) is 10.7 Å². The van der Waals surface area contributed by atoms with Crippen LogP contribution in [0.3, 0.4) is 0 Å². The summed E-state index contributed by atoms with van der Waals surface area (Å²) in [5.74, 6) is -0.557. The lowest BCUT2D eigenvalue weighted by Crippen LogP contribution is -2.50. The van der Waals surface area contributed by atoms with Crippen LogP contribution in [0, 0.1) is 6.42 Å². The maximum Gasteiger partial charge on any atom is 0.268 e. The Balaban J connectivity index is 1.84. The molecule has 1 aliphatic carbocycles. The predicted molar refractivity (Wildman–Crippen MR) is 79.5 cm³/mol. The number of nitrogens with one attached hydrogen (secondary N) is 2. The number of rotatable bonds is 2. The van der Waals surface area contributed by atoms with Crippen LogP contribution in [0.2, 0.25) is 0 Å². The van der Waals surface area contributed by atoms with Crippen molar-refractivity contribution in [2.45, 2.75) is 25.3 Å². The second kappa shape index (κ2) is 5.69. The maximum atomic E-state index is 12.0. The molecule has 1 fully saturated rings. The Bertz CT molecular complexity index is 633. The molecule has 6 nitrogen and oxygen atoms in total. The molecular weight excluding hydrogens is 288 g/mol. The average molecular weight is 302 g/mol. The van der Waals surface area contributed by atoms with Crippen molar-refractivity contribution < 1.29 is 9.59 Å². The van der Waals surface area contributed by atoms with Crippen LogP contribution in [0.15, 0.2) is 33.8 Å². The minimum absolute atomic E-state index is 0.0233. The number of amides is 2. The van der Waals surface area contributed by atoms with Crippen LogP contribution in [0.25, 0.3) is 0 Å². The van der Waals surface area contributed by atoms with Crippen LogP contribution in [0.1, 0.15) is 28.9 Å². The molecule has 1 unspecified atom stereocenters. The molecule has 1 aromatic rings. The first-order valence-electron chi connectivity index (χ1n) is 6.59. The minimum Gasteiger partial charge on any atom is -0.364 e. The number of carbonyl (C=O) groups excluding carboxylic acids is 2. The van der Waals surface area contributed by atoms with E-state index in [4.69, 9.17) is 5.73 Å². The molecule has 0 aromatic carbocycles. The van der Waals surface area contributed by atoms with E-state index in [0.29, 0.717) is 11.3 Å². The van der Waals surface area contributed by atoms with Crippen molar-refractivity contribution in [1.29, 1.82) is 0 Å². The topological polar surface area (TPSA) is 96.6 Å². The molecule has 2 heterocycles. The highest BCUT2D eigenvalue weighted by Gasteiger charge is 2.30. The van der Waals surface area contributed by atoms with Gasteiger partial charge in [-0.2, -0.15) is 0 Å². The van der Waals surface area contributed by atoms with Gasteiger partial charge in [-0.3, -0.25) is 14.9 Å². The molecule has 1 saturated carbocycles. The highest BCUT2D eigenvalue weighted by molar-refractivity contribution is 7.12. The summed E-state index contributed by atoms with van der Waals surface area (Å²) in [6.07, 6.45) is 5.40. The van der Waals surface area contributed by atoms with Gasteiger partial charge in [0.1, 0.15) is 5.70 Å². The van der Waals surface area contributed by atoms with E-state index in [2.05, 4.69) is 22.0 Å². The number of aliphatic imine (C=N–C) groups is 1. The third kappa shape index (κ3) is 2.82. The Hall–Kier alpha value is -2.15. The smallest absolute Gasteiger partial charge is 0.268 e. The highest BCUT2D eigenvalue weighted by Crippen LogP contribution is 2.28. The number of hydrogen-bond donors (Lipinski definition) is 3. The molecule has 0 saturated heterocycles. The number of guanidine groups is 1. The molecule has 21 heavy (non-hydrogen) atoms. The summed E-state index contributed by atoms with van der Waals surface area (Å²) in [4.78, 5) is 28.3. The molecule has 1 aliphatic heterocycles. The van der Waals surface area contributed by atoms with Crippen molar-refractivity contribution in [1.82, 2.24) is 10.6 Å². The van der Waals surface area contributed by atoms with Crippen LogP contribution in [0.5, 0.6) is 0 Å². The van der Waals surface area contributed by atoms with E-state index in [9.17, 15) is 9.59 Å². The van der Waals surface area contributed by atoms with Gasteiger partial charge < -0.3 is 11.1 Å². The predicted octanol–water partition coefficient (Wildman–Crippen LogP) is 0.810. The molecule has 7 heteroatoms. The van der Waals surface area contributed by atoms with Gasteiger partial charge in [0.15, 0.2) is 0 Å². The second-order valence-electron chi connectivity index (χ2n) is 4.79. The fourth-order valence-corrected chi connectivity index (χ4v) is 3.03. The third-order valence-corrected chi connectivity index (χ3v) is 4.26. The summed E-state index contributed by atoms with van der Waals surface area (Å²) in [6.45, 7) is 0. The number of nitrogens with zero attached hydrogens (tertiary/aromatic N) is 1. The molecule has 2 radical (unpaired) electrons. The summed E-state index contributed by atoms with van der Waals surface area (Å²) < 4.78 is 0. The van der Waals surface area contributed by atoms with Crippen molar-refractivity contribution in [2.75, 3.05) is 0 Å². The molecule has 3 rings (SSSR count). The van der Waals surface area contributed by atoms with Gasteiger partial charge in [-0.25, -0.2) is 4.99 Å². The van der Waals surface area contributed by atoms with Crippen LogP contribution >= 0.6 is 11.3 Å². The monoisotopic (exact) mass is 302 g/mol. The van der Waals surface area contributed by atoms with Crippen molar-refractivity contribution in [3.63, 3.8) is 0 Å². The molecule has 1 atom stereocenters. The lowest BCUT2D eigenvalue weighted by molar-refractivity contribution is -0.114. The van der Waals surface area contributed by atoms with Gasteiger partial charge in [-0.1, -0.05) is 6.07 Å². The Labute approximate surface area is 126 Å². The van der Waals surface area contributed by atoms with Gasteiger partial charge in [-0.15, -0.1) is 11.3 Å². The summed E-state index contributed by atoms with van der Waals surface area (Å²) in [5, 5.41) is 7.66. The molecular formula is C14H14N4O2S. The van der Waals surface area contributed by atoms with Crippen LogP contribution < -0.4 is 16.4 Å². The van der Waals surface area contributed by atoms with Crippen molar-refractivity contribution >= 4 is 29.1 Å². The second-order valence-corrected chi connectivity index (χ2v) is 5.74. The Kier molecular flexibility index (Phi) is 3.74. The summed E-state index contributed by atoms with van der Waals surface area (Å²) in [5.41, 5.74) is 6.47. The molecule has 2 amide bonds. The number of carbonyl (C=O) groups is 2. The SMILES string of the molecule is NC(=O)C1=C2C[C]CCC2NC(NC(=O)c2cccs2)=N1. The van der Waals surface area contributed by atoms with E-state index in [1.807, 2.05) is 5.38 Å². The van der Waals surface area contributed by atoms with Gasteiger partial charge in [0.25, 0.3) is 11.8 Å². The maximum absolute atomic E-state index is 12.0. The van der Waals surface area contributed by atoms with Gasteiger partial charge in [0, 0.05) is 0 Å². The average Bonchev–Trinajstić information content (AvgIpc) is 3.00. The number of nitrogens with two attached hydrogens (primary N) is 1. The summed E-state index contributed by atoms with van der Waals surface area (Å²) in [7, 11) is 0. The number of fused-ring (bicyclic) bond motifs is 1. The van der Waals surface area contributed by atoms with E-state index < -0.39 is 5.91 Å². The zero-order chi connectivity index (χ0) is 14.8. The quantitative estimate of drug-likeness (QED) is 0.754. The number of primary amides is 1. The van der Waals surface area contributed by atoms with E-state index in [-0.39, 0.29) is 23.6 Å². The zero-order valence-electron chi connectivity index (χ0n) is 11.2. The van der Waals surface area contributed by atoms with E-state index in [1.165, 1.54) is 11.3 Å². The normalized spacial score (nSPS) is 21.1. The molecule has 108 valence electrons. The van der Waals surface area contributed by atoms with E-state index in [0.717, 1.165) is 18.4 Å². The molecule has 0 bridgehead atoms. The largest absolute Gasteiger partial charge is 0.364 e. The molecule has 0 spiro atoms. The third-order valence-electron chi connectivity index (χ3n) is 3.39. The lowest BCUT2D eigenvalue weighted by atomic mass is 9.87. The standard InChI is InChI=1S/C14H14N4O2S/c15-12(19)11-8-4-1-2-5-9(8)16-14(17-11)18-13(20)10-6-3-7-21-10/h3,6-7,9H,2,4-5H2,(H2,15,19)(H2,16,17,18,20). The van der Waals surface area contributed by atoms with Crippen molar-refractivity contribution in [3.05, 3.63) is 40.1 Å². The first-order valence-corrected chi connectivity index (χ1v) is 7.47. The van der Waals surface area contributed by atoms with Gasteiger partial charge in [-0.05, 0) is 42.7 Å². The first-order chi connectivity index (χ1) is 10.1. The van der Waals surface area contributed by atoms with E-state index >= 15 is 0 Å². The Morgan fingerprint density at radius 3 is 3.10 bits per heavy atom. The number of hydrogen-bond acceptors (Lipinski definition) is 5. The van der Waals surface area contributed by atoms with Gasteiger partial charge in [0.2, 0.25) is 5.96 Å². The molecule has 4 N–H and O–H groups in total. The summed E-state index contributed by atoms with van der Waals surface area (Å²) >= 11 is 1.34. The van der Waals surface area contributed by atoms with Crippen molar-refractivity contribution in [3.8, 4) is 0 Å². The van der Waals surface area contributed by atoms with E-state index in [1.54, 1.807) is 12.1 Å². The van der Waals surface area contributed by atoms with Crippen LogP contribution in [-0.2, 0) is 4.79 Å². The fourth-order valence-electron chi connectivity index (χ4n) is 2.41. The molecule has 1 aromatic heterocycles. The number of thiophene rings is 1. The van der Waals surface area contributed by atoms with Gasteiger partial charge >= 0.3 is 0 Å². The first kappa shape index (κ1) is 13.8.